The molecule has 1 atom stereocenters. The van der Waals surface area contributed by atoms with Gasteiger partial charge in [-0.25, -0.2) is 9.97 Å². The van der Waals surface area contributed by atoms with Gasteiger partial charge in [0.2, 0.25) is 5.91 Å². The third kappa shape index (κ3) is 3.60. The first-order valence-corrected chi connectivity index (χ1v) is 10.1. The first-order valence-electron chi connectivity index (χ1n) is 9.08. The number of fused-ring (bicyclic) bond motifs is 1. The summed E-state index contributed by atoms with van der Waals surface area (Å²) in [5.74, 6) is 2.19. The van der Waals surface area contributed by atoms with Crippen molar-refractivity contribution in [3.63, 3.8) is 0 Å². The molecule has 0 saturated heterocycles. The van der Waals surface area contributed by atoms with Crippen LogP contribution in [0.3, 0.4) is 0 Å². The van der Waals surface area contributed by atoms with Crippen LogP contribution in [-0.2, 0) is 4.79 Å². The van der Waals surface area contributed by atoms with E-state index in [1.165, 1.54) is 0 Å². The zero-order valence-electron chi connectivity index (χ0n) is 15.9. The molecule has 0 aliphatic carbocycles. The molecule has 3 aromatic rings. The Hall–Kier alpha value is -2.87. The fourth-order valence-corrected chi connectivity index (χ4v) is 4.37. The zero-order valence-corrected chi connectivity index (χ0v) is 16.7. The van der Waals surface area contributed by atoms with Crippen molar-refractivity contribution >= 4 is 23.5 Å². The van der Waals surface area contributed by atoms with Gasteiger partial charge in [-0.1, -0.05) is 12.1 Å². The summed E-state index contributed by atoms with van der Waals surface area (Å²) in [4.78, 5) is 20.9. The molecular weight excluding hydrogens is 374 g/mol. The summed E-state index contributed by atoms with van der Waals surface area (Å²) in [6.45, 7) is 5.95. The van der Waals surface area contributed by atoms with Crippen molar-refractivity contribution in [3.05, 3.63) is 59.5 Å². The van der Waals surface area contributed by atoms with Gasteiger partial charge in [-0.15, -0.1) is 11.8 Å². The molecule has 28 heavy (non-hydrogen) atoms. The molecule has 4 rings (SSSR count). The van der Waals surface area contributed by atoms with E-state index in [9.17, 15) is 4.79 Å². The Morgan fingerprint density at radius 1 is 1.21 bits per heavy atom. The topological polar surface area (TPSA) is 81.9 Å². The number of hydrogen-bond donors (Lipinski definition) is 1. The molecule has 0 saturated carbocycles. The number of aryl methyl sites for hydroxylation is 1. The van der Waals surface area contributed by atoms with E-state index in [1.54, 1.807) is 34.9 Å². The summed E-state index contributed by atoms with van der Waals surface area (Å²) in [5, 5.41) is 7.57. The number of benzene rings is 1. The van der Waals surface area contributed by atoms with Crippen molar-refractivity contribution in [1.29, 1.82) is 0 Å². The highest BCUT2D eigenvalue weighted by atomic mass is 32.2. The van der Waals surface area contributed by atoms with Crippen molar-refractivity contribution in [3.8, 4) is 11.7 Å². The minimum absolute atomic E-state index is 0.0282. The second kappa shape index (κ2) is 7.63. The van der Waals surface area contributed by atoms with E-state index in [0.717, 1.165) is 22.6 Å². The van der Waals surface area contributed by atoms with E-state index in [2.05, 4.69) is 20.4 Å². The van der Waals surface area contributed by atoms with Crippen LogP contribution in [0.2, 0.25) is 0 Å². The van der Waals surface area contributed by atoms with Gasteiger partial charge in [0.25, 0.3) is 5.95 Å². The Morgan fingerprint density at radius 2 is 1.93 bits per heavy atom. The molecule has 1 amide bonds. The Kier molecular flexibility index (Phi) is 5.04. The van der Waals surface area contributed by atoms with Crippen LogP contribution in [0.4, 0.5) is 5.82 Å². The average Bonchev–Trinajstić information content (AvgIpc) is 2.89. The van der Waals surface area contributed by atoms with Gasteiger partial charge in [-0.2, -0.15) is 9.78 Å². The standard InChI is InChI=1S/C20H21N5O2S/c1-12(2)27-15-7-5-14(6-8-15)18-17-13(3)24-25(20-21-9-4-10-22-20)19(17)23-16(26)11-28-18/h4-10,12,18H,11H2,1-3H3,(H,23,26)/t18-/m1/s1. The highest BCUT2D eigenvalue weighted by molar-refractivity contribution is 8.00. The van der Waals surface area contributed by atoms with E-state index in [-0.39, 0.29) is 17.3 Å². The molecule has 2 aromatic heterocycles. The van der Waals surface area contributed by atoms with Crippen LogP contribution in [0.25, 0.3) is 5.95 Å². The second-order valence-electron chi connectivity index (χ2n) is 6.78. The van der Waals surface area contributed by atoms with Crippen molar-refractivity contribution in [2.24, 2.45) is 0 Å². The van der Waals surface area contributed by atoms with Crippen molar-refractivity contribution in [2.75, 3.05) is 11.1 Å². The second-order valence-corrected chi connectivity index (χ2v) is 7.88. The maximum Gasteiger partial charge on any atom is 0.252 e. The molecule has 0 radical (unpaired) electrons. The number of ether oxygens (including phenoxy) is 1. The Balaban J connectivity index is 1.77. The molecule has 1 aliphatic rings. The van der Waals surface area contributed by atoms with E-state index in [0.29, 0.717) is 17.5 Å². The number of anilines is 1. The maximum absolute atomic E-state index is 12.4. The molecule has 1 aromatic carbocycles. The maximum atomic E-state index is 12.4. The quantitative estimate of drug-likeness (QED) is 0.728. The van der Waals surface area contributed by atoms with Crippen molar-refractivity contribution in [1.82, 2.24) is 19.7 Å². The summed E-state index contributed by atoms with van der Waals surface area (Å²) < 4.78 is 7.36. The first kappa shape index (κ1) is 18.5. The number of thioether (sulfide) groups is 1. The molecule has 7 nitrogen and oxygen atoms in total. The third-order valence-electron chi connectivity index (χ3n) is 4.30. The Labute approximate surface area is 167 Å². The minimum Gasteiger partial charge on any atom is -0.491 e. The number of rotatable bonds is 4. The fraction of sp³-hybridized carbons (Fsp3) is 0.300. The Bertz CT molecular complexity index is 986. The van der Waals surface area contributed by atoms with Gasteiger partial charge in [0, 0.05) is 18.0 Å². The predicted octanol–water partition coefficient (Wildman–Crippen LogP) is 3.53. The van der Waals surface area contributed by atoms with Gasteiger partial charge in [0.1, 0.15) is 11.6 Å². The van der Waals surface area contributed by atoms with Gasteiger partial charge in [0.15, 0.2) is 0 Å². The molecule has 144 valence electrons. The lowest BCUT2D eigenvalue weighted by atomic mass is 10.0. The SMILES string of the molecule is Cc1nn(-c2ncccn2)c2c1[C@@H](c1ccc(OC(C)C)cc1)SCC(=O)N2. The molecular formula is C20H21N5O2S. The molecule has 0 bridgehead atoms. The number of carbonyl (C=O) groups excluding carboxylic acids is 1. The summed E-state index contributed by atoms with van der Waals surface area (Å²) in [6.07, 6.45) is 3.44. The minimum atomic E-state index is -0.0643. The van der Waals surface area contributed by atoms with Gasteiger partial charge in [0.05, 0.1) is 22.8 Å². The largest absolute Gasteiger partial charge is 0.491 e. The van der Waals surface area contributed by atoms with Crippen LogP contribution in [0, 0.1) is 6.92 Å². The lowest BCUT2D eigenvalue weighted by Gasteiger charge is -2.16. The number of nitrogens with one attached hydrogen (secondary N) is 1. The van der Waals surface area contributed by atoms with E-state index in [4.69, 9.17) is 4.74 Å². The van der Waals surface area contributed by atoms with Crippen LogP contribution in [0.15, 0.2) is 42.7 Å². The van der Waals surface area contributed by atoms with Crippen LogP contribution >= 0.6 is 11.8 Å². The summed E-state index contributed by atoms with van der Waals surface area (Å²) in [6, 6.07) is 9.78. The fourth-order valence-electron chi connectivity index (χ4n) is 3.19. The van der Waals surface area contributed by atoms with Gasteiger partial charge >= 0.3 is 0 Å². The molecule has 0 fully saturated rings. The van der Waals surface area contributed by atoms with Gasteiger partial charge in [-0.05, 0) is 44.5 Å². The number of aromatic nitrogens is 4. The van der Waals surface area contributed by atoms with E-state index < -0.39 is 0 Å². The molecule has 3 heterocycles. The normalized spacial score (nSPS) is 16.4. The lowest BCUT2D eigenvalue weighted by molar-refractivity contribution is -0.113. The molecule has 1 aliphatic heterocycles. The number of hydrogen-bond acceptors (Lipinski definition) is 6. The molecule has 8 heteroatoms. The van der Waals surface area contributed by atoms with E-state index in [1.807, 2.05) is 45.0 Å². The number of carbonyl (C=O) groups is 1. The van der Waals surface area contributed by atoms with E-state index >= 15 is 0 Å². The highest BCUT2D eigenvalue weighted by Gasteiger charge is 2.31. The molecule has 0 spiro atoms. The van der Waals surface area contributed by atoms with Crippen molar-refractivity contribution in [2.45, 2.75) is 32.1 Å². The van der Waals surface area contributed by atoms with Gasteiger partial charge in [-0.3, -0.25) is 4.79 Å². The molecule has 0 unspecified atom stereocenters. The summed E-state index contributed by atoms with van der Waals surface area (Å²) in [7, 11) is 0. The van der Waals surface area contributed by atoms with Crippen LogP contribution < -0.4 is 10.1 Å². The summed E-state index contributed by atoms with van der Waals surface area (Å²) in [5.41, 5.74) is 2.90. The average molecular weight is 395 g/mol. The van der Waals surface area contributed by atoms with Crippen LogP contribution in [-0.4, -0.2) is 37.5 Å². The number of nitrogens with zero attached hydrogens (tertiary/aromatic N) is 4. The first-order chi connectivity index (χ1) is 13.5. The zero-order chi connectivity index (χ0) is 19.7. The van der Waals surface area contributed by atoms with Gasteiger partial charge < -0.3 is 10.1 Å². The Morgan fingerprint density at radius 3 is 2.61 bits per heavy atom. The lowest BCUT2D eigenvalue weighted by Crippen LogP contribution is -2.16. The third-order valence-corrected chi connectivity index (χ3v) is 5.57. The number of amides is 1. The van der Waals surface area contributed by atoms with Crippen molar-refractivity contribution < 1.29 is 9.53 Å². The van der Waals surface area contributed by atoms with Crippen LogP contribution in [0.5, 0.6) is 5.75 Å². The molecule has 1 N–H and O–H groups in total. The summed E-state index contributed by atoms with van der Waals surface area (Å²) >= 11 is 1.58. The highest BCUT2D eigenvalue weighted by Crippen LogP contribution is 2.43. The monoisotopic (exact) mass is 395 g/mol. The van der Waals surface area contributed by atoms with Crippen LogP contribution in [0.1, 0.15) is 35.9 Å². The smallest absolute Gasteiger partial charge is 0.252 e. The predicted molar refractivity (Wildman–Crippen MR) is 109 cm³/mol.